The number of ether oxygens (including phenoxy) is 2. The summed E-state index contributed by atoms with van der Waals surface area (Å²) in [5, 5.41) is 19.3. The molecule has 2 atom stereocenters. The number of aliphatic hydroxyl groups excluding tert-OH is 1. The first-order chi connectivity index (χ1) is 12.1. The summed E-state index contributed by atoms with van der Waals surface area (Å²) in [5.74, 6) is -0.271. The van der Waals surface area contributed by atoms with Crippen LogP contribution in [0.25, 0.3) is 11.0 Å². The zero-order valence-corrected chi connectivity index (χ0v) is 14.4. The molecule has 25 heavy (non-hydrogen) atoms. The molecule has 6 nitrogen and oxygen atoms in total. The van der Waals surface area contributed by atoms with Crippen LogP contribution in [0.3, 0.4) is 0 Å². The maximum atomic E-state index is 11.1. The molecule has 0 radical (unpaired) electrons. The van der Waals surface area contributed by atoms with E-state index in [2.05, 4.69) is 0 Å². The molecule has 0 amide bonds. The van der Waals surface area contributed by atoms with Gasteiger partial charge >= 0.3 is 5.97 Å². The minimum Gasteiger partial charge on any atom is -0.481 e. The monoisotopic (exact) mass is 348 g/mol. The Morgan fingerprint density at radius 3 is 2.92 bits per heavy atom. The molecule has 136 valence electrons. The molecule has 2 unspecified atom stereocenters. The Bertz CT molecular complexity index is 729. The highest BCUT2D eigenvalue weighted by Crippen LogP contribution is 2.36. The van der Waals surface area contributed by atoms with Gasteiger partial charge in [-0.15, -0.1) is 0 Å². The van der Waals surface area contributed by atoms with Crippen LogP contribution in [-0.2, 0) is 27.1 Å². The van der Waals surface area contributed by atoms with Crippen LogP contribution in [0.15, 0.2) is 22.6 Å². The first-order valence-electron chi connectivity index (χ1n) is 8.73. The number of aliphatic carboxylic acids is 1. The van der Waals surface area contributed by atoms with Gasteiger partial charge in [-0.2, -0.15) is 0 Å². The molecule has 2 N–H and O–H groups in total. The quantitative estimate of drug-likeness (QED) is 0.799. The van der Waals surface area contributed by atoms with Crippen LogP contribution in [0, 0.1) is 0 Å². The predicted octanol–water partition coefficient (Wildman–Crippen LogP) is 3.20. The number of carboxylic acid groups (broad SMARTS) is 1. The average molecular weight is 348 g/mol. The molecule has 3 rings (SSSR count). The standard InChI is InChI=1S/C19H24O6/c1-12(24-17-7-2-3-10-23-17)18-14-6-4-5-13(11-16(21)22)19(14)25-15(18)8-9-20/h4-6,12,17,20H,2-3,7-11H2,1H3,(H,21,22). The molecule has 1 aromatic carbocycles. The molecule has 0 spiro atoms. The van der Waals surface area contributed by atoms with Crippen molar-refractivity contribution in [2.24, 2.45) is 0 Å². The van der Waals surface area contributed by atoms with Crippen LogP contribution in [0.2, 0.25) is 0 Å². The summed E-state index contributed by atoms with van der Waals surface area (Å²) in [6, 6.07) is 5.48. The molecule has 1 fully saturated rings. The maximum absolute atomic E-state index is 11.1. The number of hydrogen-bond acceptors (Lipinski definition) is 5. The molecule has 6 heteroatoms. The van der Waals surface area contributed by atoms with E-state index in [0.717, 1.165) is 30.2 Å². The second-order valence-electron chi connectivity index (χ2n) is 6.35. The van der Waals surface area contributed by atoms with E-state index < -0.39 is 5.97 Å². The Morgan fingerprint density at radius 2 is 2.24 bits per heavy atom. The van der Waals surface area contributed by atoms with Crippen molar-refractivity contribution in [1.82, 2.24) is 0 Å². The summed E-state index contributed by atoms with van der Waals surface area (Å²) in [7, 11) is 0. The number of rotatable bonds is 7. The van der Waals surface area contributed by atoms with Gasteiger partial charge in [0.15, 0.2) is 6.29 Å². The van der Waals surface area contributed by atoms with Gasteiger partial charge in [0.25, 0.3) is 0 Å². The summed E-state index contributed by atoms with van der Waals surface area (Å²) in [6.45, 7) is 2.59. The lowest BCUT2D eigenvalue weighted by molar-refractivity contribution is -0.186. The second kappa shape index (κ2) is 7.99. The molecule has 2 heterocycles. The van der Waals surface area contributed by atoms with Crippen molar-refractivity contribution in [2.75, 3.05) is 13.2 Å². The van der Waals surface area contributed by atoms with E-state index in [1.165, 1.54) is 0 Å². The fourth-order valence-electron chi connectivity index (χ4n) is 3.40. The normalized spacial score (nSPS) is 19.2. The van der Waals surface area contributed by atoms with Gasteiger partial charge in [0, 0.05) is 29.5 Å². The van der Waals surface area contributed by atoms with Crippen LogP contribution in [-0.4, -0.2) is 35.7 Å². The Labute approximate surface area is 146 Å². The van der Waals surface area contributed by atoms with E-state index in [9.17, 15) is 9.90 Å². The van der Waals surface area contributed by atoms with Crippen molar-refractivity contribution < 1.29 is 28.9 Å². The zero-order valence-electron chi connectivity index (χ0n) is 14.4. The van der Waals surface area contributed by atoms with Crippen molar-refractivity contribution >= 4 is 16.9 Å². The van der Waals surface area contributed by atoms with E-state index in [4.69, 9.17) is 19.0 Å². The number of benzene rings is 1. The lowest BCUT2D eigenvalue weighted by Crippen LogP contribution is -2.23. The van der Waals surface area contributed by atoms with Gasteiger partial charge in [-0.25, -0.2) is 0 Å². The van der Waals surface area contributed by atoms with E-state index in [-0.39, 0.29) is 25.4 Å². The van der Waals surface area contributed by atoms with Crippen LogP contribution < -0.4 is 0 Å². The number of para-hydroxylation sites is 1. The Hall–Kier alpha value is -1.89. The van der Waals surface area contributed by atoms with Crippen LogP contribution in [0.5, 0.6) is 0 Å². The first kappa shape index (κ1) is 17.9. The molecule has 2 aromatic rings. The molecular weight excluding hydrogens is 324 g/mol. The Balaban J connectivity index is 1.96. The van der Waals surface area contributed by atoms with Crippen molar-refractivity contribution in [3.05, 3.63) is 35.1 Å². The minimum atomic E-state index is -0.908. The van der Waals surface area contributed by atoms with Crippen molar-refractivity contribution in [1.29, 1.82) is 0 Å². The number of fused-ring (bicyclic) bond motifs is 1. The van der Waals surface area contributed by atoms with E-state index in [0.29, 0.717) is 29.9 Å². The van der Waals surface area contributed by atoms with E-state index in [1.54, 1.807) is 6.07 Å². The summed E-state index contributed by atoms with van der Waals surface area (Å²) in [4.78, 5) is 11.1. The van der Waals surface area contributed by atoms with Crippen LogP contribution in [0.4, 0.5) is 0 Å². The van der Waals surface area contributed by atoms with Gasteiger partial charge in [0.05, 0.1) is 19.1 Å². The summed E-state index contributed by atoms with van der Waals surface area (Å²) >= 11 is 0. The molecule has 1 aliphatic rings. The predicted molar refractivity (Wildman–Crippen MR) is 91.4 cm³/mol. The first-order valence-corrected chi connectivity index (χ1v) is 8.73. The number of carboxylic acids is 1. The average Bonchev–Trinajstić information content (AvgIpc) is 2.95. The minimum absolute atomic E-state index is 0.0479. The zero-order chi connectivity index (χ0) is 17.8. The largest absolute Gasteiger partial charge is 0.481 e. The highest BCUT2D eigenvalue weighted by atomic mass is 16.7. The molecule has 1 aliphatic heterocycles. The fraction of sp³-hybridized carbons (Fsp3) is 0.526. The van der Waals surface area contributed by atoms with E-state index >= 15 is 0 Å². The molecule has 0 bridgehead atoms. The summed E-state index contributed by atoms with van der Waals surface area (Å²) < 4.78 is 17.7. The van der Waals surface area contributed by atoms with Gasteiger partial charge in [-0.1, -0.05) is 18.2 Å². The molecule has 0 saturated carbocycles. The molecule has 0 aliphatic carbocycles. The Morgan fingerprint density at radius 1 is 1.40 bits per heavy atom. The third kappa shape index (κ3) is 4.03. The van der Waals surface area contributed by atoms with Crippen molar-refractivity contribution in [3.63, 3.8) is 0 Å². The number of aliphatic hydroxyl groups is 1. The number of carbonyl (C=O) groups is 1. The van der Waals surface area contributed by atoms with E-state index in [1.807, 2.05) is 19.1 Å². The third-order valence-electron chi connectivity index (χ3n) is 4.49. The molecule has 1 saturated heterocycles. The molecule has 1 aromatic heterocycles. The van der Waals surface area contributed by atoms with Crippen LogP contribution in [0.1, 0.15) is 49.2 Å². The third-order valence-corrected chi connectivity index (χ3v) is 4.49. The van der Waals surface area contributed by atoms with Gasteiger partial charge in [0.2, 0.25) is 0 Å². The van der Waals surface area contributed by atoms with Gasteiger partial charge in [0.1, 0.15) is 11.3 Å². The lowest BCUT2D eigenvalue weighted by Gasteiger charge is -2.26. The Kier molecular flexibility index (Phi) is 5.73. The lowest BCUT2D eigenvalue weighted by atomic mass is 10.0. The fourth-order valence-corrected chi connectivity index (χ4v) is 3.40. The number of furan rings is 1. The maximum Gasteiger partial charge on any atom is 0.307 e. The van der Waals surface area contributed by atoms with Crippen molar-refractivity contribution in [3.8, 4) is 0 Å². The van der Waals surface area contributed by atoms with Gasteiger partial charge in [-0.3, -0.25) is 4.79 Å². The number of hydrogen-bond donors (Lipinski definition) is 2. The smallest absolute Gasteiger partial charge is 0.307 e. The highest BCUT2D eigenvalue weighted by molar-refractivity contribution is 5.88. The van der Waals surface area contributed by atoms with Gasteiger partial charge < -0.3 is 24.1 Å². The highest BCUT2D eigenvalue weighted by Gasteiger charge is 2.25. The van der Waals surface area contributed by atoms with Crippen LogP contribution >= 0.6 is 0 Å². The van der Waals surface area contributed by atoms with Gasteiger partial charge in [-0.05, 0) is 26.2 Å². The molecular formula is C19H24O6. The van der Waals surface area contributed by atoms with Crippen molar-refractivity contribution in [2.45, 2.75) is 51.4 Å². The second-order valence-corrected chi connectivity index (χ2v) is 6.35. The SMILES string of the molecule is CC(OC1CCCCO1)c1c(CCO)oc2c(CC(=O)O)cccc12. The summed E-state index contributed by atoms with van der Waals surface area (Å²) in [5.41, 5.74) is 2.05. The summed E-state index contributed by atoms with van der Waals surface area (Å²) in [6.07, 6.45) is 2.73. The topological polar surface area (TPSA) is 89.1 Å².